The quantitative estimate of drug-likeness (QED) is 0.229. The first kappa shape index (κ1) is 30.4. The minimum atomic E-state index is -5.22. The lowest BCUT2D eigenvalue weighted by Gasteiger charge is -2.30. The van der Waals surface area contributed by atoms with Crippen molar-refractivity contribution in [2.45, 2.75) is 76.1 Å². The Hall–Kier alpha value is -3.17. The summed E-state index contributed by atoms with van der Waals surface area (Å²) in [6, 6.07) is 0.287. The number of furan rings is 1. The van der Waals surface area contributed by atoms with E-state index in [-0.39, 0.29) is 49.8 Å². The summed E-state index contributed by atoms with van der Waals surface area (Å²) in [5.74, 6) is -1.54. The molecule has 2 fully saturated rings. The van der Waals surface area contributed by atoms with Crippen molar-refractivity contribution in [2.24, 2.45) is 11.8 Å². The average molecular weight is 572 g/mol. The van der Waals surface area contributed by atoms with Crippen LogP contribution in [0, 0.1) is 11.8 Å². The van der Waals surface area contributed by atoms with Crippen LogP contribution in [0.15, 0.2) is 22.8 Å². The minimum absolute atomic E-state index is 0.0930. The molecular formula is C24H35N4O10S-. The number of nitrogens with zero attached hydrogens (tertiary/aromatic N) is 1. The summed E-state index contributed by atoms with van der Waals surface area (Å²) in [6.45, 7) is 4.04. The first-order valence-electron chi connectivity index (χ1n) is 12.8. The molecule has 14 nitrogen and oxygen atoms in total. The molecule has 2 aliphatic rings. The SMILES string of the molecule is CC(C)C[C@H](NC(=O)OC[C@@H]1CCC(=O)N1Cc1ccco1)C(=O)N[C@@H](C[C@@H]1CCNC1=O)C(O)S(=O)(=O)[O-]. The molecule has 3 rings (SSSR count). The van der Waals surface area contributed by atoms with Crippen molar-refractivity contribution < 1.29 is 46.4 Å². The fourth-order valence-corrected chi connectivity index (χ4v) is 5.30. The molecule has 0 radical (unpaired) electrons. The Balaban J connectivity index is 1.62. The van der Waals surface area contributed by atoms with E-state index < -0.39 is 45.6 Å². The number of alkyl carbamates (subject to hydrolysis) is 1. The monoisotopic (exact) mass is 571 g/mol. The molecule has 0 aliphatic carbocycles. The smallest absolute Gasteiger partial charge is 0.407 e. The molecule has 39 heavy (non-hydrogen) atoms. The summed E-state index contributed by atoms with van der Waals surface area (Å²) in [4.78, 5) is 51.5. The first-order chi connectivity index (χ1) is 18.3. The second kappa shape index (κ2) is 13.3. The maximum Gasteiger partial charge on any atom is 0.407 e. The third kappa shape index (κ3) is 8.66. The topological polar surface area (TPSA) is 207 Å². The molecule has 2 saturated heterocycles. The number of hydrogen-bond donors (Lipinski definition) is 4. The van der Waals surface area contributed by atoms with Crippen LogP contribution >= 0.6 is 0 Å². The molecule has 3 heterocycles. The standard InChI is InChI=1S/C24H36N4O10S/c1-14(2)10-18(22(31)26-19(23(32)39(34,35)36)11-15-7-8-25-21(15)30)27-24(33)38-13-16-5-6-20(29)28(16)12-17-4-3-9-37-17/h3-4,9,14-16,18-19,23,32H,5-8,10-13H2,1-2H3,(H,25,30)(H,26,31)(H,27,33)(H,34,35,36)/p-1/t15-,16-,18-,19-,23?/m0/s1. The van der Waals surface area contributed by atoms with Crippen LogP contribution in [0.5, 0.6) is 0 Å². The van der Waals surface area contributed by atoms with E-state index in [0.29, 0.717) is 31.6 Å². The predicted molar refractivity (Wildman–Crippen MR) is 133 cm³/mol. The van der Waals surface area contributed by atoms with Gasteiger partial charge < -0.3 is 39.7 Å². The third-order valence-electron chi connectivity index (χ3n) is 6.75. The Labute approximate surface area is 226 Å². The molecule has 0 saturated carbocycles. The van der Waals surface area contributed by atoms with Gasteiger partial charge in [0.1, 0.15) is 28.5 Å². The highest BCUT2D eigenvalue weighted by Crippen LogP contribution is 2.23. The molecule has 0 bridgehead atoms. The van der Waals surface area contributed by atoms with Gasteiger partial charge in [-0.05, 0) is 43.7 Å². The van der Waals surface area contributed by atoms with Gasteiger partial charge in [-0.2, -0.15) is 0 Å². The molecule has 0 spiro atoms. The third-order valence-corrected chi connectivity index (χ3v) is 7.67. The highest BCUT2D eigenvalue weighted by Gasteiger charge is 2.36. The number of carbonyl (C=O) groups is 4. The zero-order chi connectivity index (χ0) is 28.7. The number of ether oxygens (including phenoxy) is 1. The zero-order valence-corrected chi connectivity index (χ0v) is 22.6. The van der Waals surface area contributed by atoms with Crippen LogP contribution in [0.1, 0.15) is 51.7 Å². The Morgan fingerprint density at radius 2 is 2.03 bits per heavy atom. The fraction of sp³-hybridized carbons (Fsp3) is 0.667. The van der Waals surface area contributed by atoms with Gasteiger partial charge in [0.2, 0.25) is 17.7 Å². The molecule has 0 aromatic carbocycles. The largest absolute Gasteiger partial charge is 0.746 e. The molecule has 15 heteroatoms. The van der Waals surface area contributed by atoms with Crippen molar-refractivity contribution in [3.63, 3.8) is 0 Å². The number of amides is 4. The second-order valence-electron chi connectivity index (χ2n) is 10.2. The van der Waals surface area contributed by atoms with Gasteiger partial charge in [-0.25, -0.2) is 13.2 Å². The zero-order valence-electron chi connectivity index (χ0n) is 21.8. The van der Waals surface area contributed by atoms with Crippen LogP contribution in [0.2, 0.25) is 0 Å². The average Bonchev–Trinajstić information content (AvgIpc) is 3.59. The molecule has 4 N–H and O–H groups in total. The lowest BCUT2D eigenvalue weighted by atomic mass is 9.97. The van der Waals surface area contributed by atoms with Gasteiger partial charge in [-0.3, -0.25) is 14.4 Å². The Morgan fingerprint density at radius 1 is 1.28 bits per heavy atom. The summed E-state index contributed by atoms with van der Waals surface area (Å²) in [6.07, 6.45) is 1.52. The predicted octanol–water partition coefficient (Wildman–Crippen LogP) is -0.214. The Morgan fingerprint density at radius 3 is 2.62 bits per heavy atom. The first-order valence-corrected chi connectivity index (χ1v) is 14.3. The Kier molecular flexibility index (Phi) is 10.3. The van der Waals surface area contributed by atoms with Gasteiger partial charge >= 0.3 is 6.09 Å². The van der Waals surface area contributed by atoms with E-state index in [1.165, 1.54) is 6.26 Å². The van der Waals surface area contributed by atoms with E-state index in [9.17, 15) is 37.3 Å². The molecule has 5 atom stereocenters. The van der Waals surface area contributed by atoms with Crippen LogP contribution in [-0.2, 0) is 35.8 Å². The van der Waals surface area contributed by atoms with E-state index >= 15 is 0 Å². The molecule has 1 unspecified atom stereocenters. The van der Waals surface area contributed by atoms with Crippen LogP contribution in [0.3, 0.4) is 0 Å². The highest BCUT2D eigenvalue weighted by molar-refractivity contribution is 7.86. The van der Waals surface area contributed by atoms with E-state index in [1.807, 2.05) is 0 Å². The highest BCUT2D eigenvalue weighted by atomic mass is 32.2. The van der Waals surface area contributed by atoms with E-state index in [4.69, 9.17) is 9.15 Å². The lowest BCUT2D eigenvalue weighted by molar-refractivity contribution is -0.130. The number of likely N-dealkylation sites (tertiary alicyclic amines) is 1. The molecule has 4 amide bonds. The van der Waals surface area contributed by atoms with E-state index in [2.05, 4.69) is 16.0 Å². The van der Waals surface area contributed by atoms with Gasteiger partial charge in [-0.1, -0.05) is 13.8 Å². The normalized spacial score (nSPS) is 21.9. The number of aliphatic hydroxyl groups excluding tert-OH is 1. The van der Waals surface area contributed by atoms with Crippen molar-refractivity contribution >= 4 is 33.9 Å². The van der Waals surface area contributed by atoms with Crippen molar-refractivity contribution in [1.82, 2.24) is 20.9 Å². The van der Waals surface area contributed by atoms with Gasteiger partial charge in [0, 0.05) is 18.9 Å². The maximum atomic E-state index is 13.1. The van der Waals surface area contributed by atoms with Crippen molar-refractivity contribution in [2.75, 3.05) is 13.2 Å². The summed E-state index contributed by atoms with van der Waals surface area (Å²) >= 11 is 0. The molecule has 1 aromatic heterocycles. The maximum absolute atomic E-state index is 13.1. The molecular weight excluding hydrogens is 536 g/mol. The number of nitrogens with one attached hydrogen (secondary N) is 3. The van der Waals surface area contributed by atoms with Gasteiger partial charge in [0.05, 0.1) is 24.9 Å². The van der Waals surface area contributed by atoms with Crippen molar-refractivity contribution in [1.29, 1.82) is 0 Å². The summed E-state index contributed by atoms with van der Waals surface area (Å²) in [5, 5.41) is 17.5. The second-order valence-corrected chi connectivity index (χ2v) is 11.7. The van der Waals surface area contributed by atoms with Gasteiger partial charge in [-0.15, -0.1) is 0 Å². The van der Waals surface area contributed by atoms with Crippen LogP contribution < -0.4 is 16.0 Å². The molecule has 2 aliphatic heterocycles. The number of carbonyl (C=O) groups excluding carboxylic acids is 4. The number of aliphatic hydroxyl groups is 1. The van der Waals surface area contributed by atoms with Gasteiger partial charge in [0.25, 0.3) is 0 Å². The number of rotatable bonds is 13. The Bertz CT molecular complexity index is 1120. The van der Waals surface area contributed by atoms with E-state index in [1.54, 1.807) is 30.9 Å². The van der Waals surface area contributed by atoms with Gasteiger partial charge in [0.15, 0.2) is 5.44 Å². The van der Waals surface area contributed by atoms with Crippen molar-refractivity contribution in [3.8, 4) is 0 Å². The molecule has 1 aromatic rings. The summed E-state index contributed by atoms with van der Waals surface area (Å²) in [5.41, 5.74) is -2.48. The van der Waals surface area contributed by atoms with Crippen LogP contribution in [0.4, 0.5) is 4.79 Å². The van der Waals surface area contributed by atoms with Crippen molar-refractivity contribution in [3.05, 3.63) is 24.2 Å². The fourth-order valence-electron chi connectivity index (χ4n) is 4.72. The van der Waals surface area contributed by atoms with E-state index in [0.717, 1.165) is 0 Å². The van der Waals surface area contributed by atoms with Crippen LogP contribution in [-0.4, -0.2) is 83.5 Å². The number of hydrogen-bond acceptors (Lipinski definition) is 10. The minimum Gasteiger partial charge on any atom is -0.746 e. The lowest BCUT2D eigenvalue weighted by Crippen LogP contribution is -2.55. The summed E-state index contributed by atoms with van der Waals surface area (Å²) in [7, 11) is -5.22. The summed E-state index contributed by atoms with van der Waals surface area (Å²) < 4.78 is 45.2. The van der Waals surface area contributed by atoms with Crippen LogP contribution in [0.25, 0.3) is 0 Å². The molecule has 218 valence electrons.